The first kappa shape index (κ1) is 50.5. The van der Waals surface area contributed by atoms with Gasteiger partial charge in [0.15, 0.2) is 6.10 Å². The predicted molar refractivity (Wildman–Crippen MR) is 216 cm³/mol. The molecule has 1 atom stereocenters. The third kappa shape index (κ3) is 41.3. The number of hydrogen-bond acceptors (Lipinski definition) is 6. The number of phosphoric ester groups is 1. The summed E-state index contributed by atoms with van der Waals surface area (Å²) in [4.78, 5) is 42.9. The van der Waals surface area contributed by atoms with E-state index < -0.39 is 32.5 Å². The normalized spacial score (nSPS) is 12.6. The molecule has 0 rings (SSSR count). The van der Waals surface area contributed by atoms with Crippen LogP contribution in [0.25, 0.3) is 0 Å². The zero-order chi connectivity index (χ0) is 38.2. The Labute approximate surface area is 319 Å². The molecular weight excluding hydrogens is 675 g/mol. The highest BCUT2D eigenvalue weighted by atomic mass is 31.2. The van der Waals surface area contributed by atoms with Gasteiger partial charge in [0.05, 0.1) is 6.61 Å². The molecule has 0 aliphatic rings. The lowest BCUT2D eigenvalue weighted by Crippen LogP contribution is -2.29. The quantitative estimate of drug-likeness (QED) is 0.0274. The van der Waals surface area contributed by atoms with Crippen LogP contribution in [0.5, 0.6) is 0 Å². The summed E-state index contributed by atoms with van der Waals surface area (Å²) in [6.45, 7) is 3.67. The van der Waals surface area contributed by atoms with Gasteiger partial charge in [-0.25, -0.2) is 4.57 Å². The minimum absolute atomic E-state index is 0.213. The van der Waals surface area contributed by atoms with Crippen molar-refractivity contribution in [3.8, 4) is 0 Å². The lowest BCUT2D eigenvalue weighted by Gasteiger charge is -2.18. The van der Waals surface area contributed by atoms with E-state index in [1.165, 1.54) is 122 Å². The highest BCUT2D eigenvalue weighted by Crippen LogP contribution is 2.36. The van der Waals surface area contributed by atoms with Crippen molar-refractivity contribution < 1.29 is 37.9 Å². The van der Waals surface area contributed by atoms with Gasteiger partial charge in [-0.2, -0.15) is 0 Å². The third-order valence-corrected chi connectivity index (χ3v) is 9.96. The Morgan fingerprint density at radius 3 is 1.31 bits per heavy atom. The summed E-state index contributed by atoms with van der Waals surface area (Å²) in [5.74, 6) is -0.891. The van der Waals surface area contributed by atoms with Crippen molar-refractivity contribution in [1.29, 1.82) is 0 Å². The molecule has 2 N–H and O–H groups in total. The maximum absolute atomic E-state index is 12.4. The van der Waals surface area contributed by atoms with Crippen molar-refractivity contribution in [2.45, 2.75) is 225 Å². The van der Waals surface area contributed by atoms with Crippen LogP contribution >= 0.6 is 7.82 Å². The number of carbonyl (C=O) groups excluding carboxylic acids is 2. The third-order valence-electron chi connectivity index (χ3n) is 9.47. The minimum Gasteiger partial charge on any atom is -0.462 e. The van der Waals surface area contributed by atoms with E-state index in [0.717, 1.165) is 57.8 Å². The highest BCUT2D eigenvalue weighted by Gasteiger charge is 2.22. The van der Waals surface area contributed by atoms with E-state index in [-0.39, 0.29) is 19.4 Å². The fourth-order valence-corrected chi connectivity index (χ4v) is 6.59. The Kier molecular flexibility index (Phi) is 38.1. The zero-order valence-electron chi connectivity index (χ0n) is 33.7. The van der Waals surface area contributed by atoms with Gasteiger partial charge >= 0.3 is 19.8 Å². The lowest BCUT2D eigenvalue weighted by atomic mass is 10.0. The number of carbonyl (C=O) groups is 2. The summed E-state index contributed by atoms with van der Waals surface area (Å²) in [7, 11) is -4.75. The summed E-state index contributed by atoms with van der Waals surface area (Å²) < 4.78 is 26.4. The monoisotopic (exact) mass is 757 g/mol. The number of hydrogen-bond donors (Lipinski definition) is 2. The Morgan fingerprint density at radius 1 is 0.500 bits per heavy atom. The smallest absolute Gasteiger partial charge is 0.462 e. The molecule has 0 aromatic carbocycles. The molecule has 52 heavy (non-hydrogen) atoms. The molecule has 0 heterocycles. The van der Waals surface area contributed by atoms with Crippen molar-refractivity contribution in [2.75, 3.05) is 13.2 Å². The van der Waals surface area contributed by atoms with E-state index in [1.807, 2.05) is 0 Å². The van der Waals surface area contributed by atoms with Crippen LogP contribution in [-0.2, 0) is 28.2 Å². The van der Waals surface area contributed by atoms with Gasteiger partial charge < -0.3 is 19.3 Å². The van der Waals surface area contributed by atoms with Crippen LogP contribution in [0.15, 0.2) is 24.3 Å². The summed E-state index contributed by atoms with van der Waals surface area (Å²) >= 11 is 0. The standard InChI is InChI=1S/C43H81O8P/c1-3-5-7-9-11-13-15-17-19-20-21-22-24-26-28-30-32-34-36-38-43(45)51-41(40-50-52(46,47)48)39-49-42(44)37-35-33-31-29-27-25-23-18-16-14-12-10-8-6-4-2/h12,14,18,23,41H,3-11,13,15-17,19-22,24-40H2,1-2H3,(H2,46,47,48)/b14-12+,23-18+/t41-/m1/s1. The van der Waals surface area contributed by atoms with Crippen molar-refractivity contribution in [3.05, 3.63) is 24.3 Å². The average Bonchev–Trinajstić information content (AvgIpc) is 3.11. The van der Waals surface area contributed by atoms with Gasteiger partial charge in [-0.3, -0.25) is 14.1 Å². The molecule has 0 unspecified atom stereocenters. The number of unbranched alkanes of at least 4 members (excludes halogenated alkanes) is 26. The van der Waals surface area contributed by atoms with Gasteiger partial charge in [-0.1, -0.05) is 186 Å². The number of esters is 2. The van der Waals surface area contributed by atoms with Crippen LogP contribution in [0.2, 0.25) is 0 Å². The second kappa shape index (κ2) is 39.2. The van der Waals surface area contributed by atoms with Crippen molar-refractivity contribution in [2.24, 2.45) is 0 Å². The second-order valence-corrected chi connectivity index (χ2v) is 15.9. The van der Waals surface area contributed by atoms with E-state index in [2.05, 4.69) is 42.7 Å². The summed E-state index contributed by atoms with van der Waals surface area (Å²) in [5, 5.41) is 0. The number of phosphoric acid groups is 1. The fourth-order valence-electron chi connectivity index (χ4n) is 6.23. The number of rotatable bonds is 40. The molecule has 0 saturated heterocycles. The first-order valence-corrected chi connectivity index (χ1v) is 23.2. The van der Waals surface area contributed by atoms with E-state index in [9.17, 15) is 14.2 Å². The largest absolute Gasteiger partial charge is 0.469 e. The van der Waals surface area contributed by atoms with Crippen molar-refractivity contribution in [3.63, 3.8) is 0 Å². The lowest BCUT2D eigenvalue weighted by molar-refractivity contribution is -0.161. The maximum atomic E-state index is 12.4. The average molecular weight is 757 g/mol. The molecule has 9 heteroatoms. The fraction of sp³-hybridized carbons (Fsp3) is 0.860. The van der Waals surface area contributed by atoms with Gasteiger partial charge in [-0.05, 0) is 44.9 Å². The zero-order valence-corrected chi connectivity index (χ0v) is 34.6. The van der Waals surface area contributed by atoms with E-state index in [0.29, 0.717) is 12.8 Å². The molecule has 0 fully saturated rings. The first-order valence-electron chi connectivity index (χ1n) is 21.6. The molecule has 8 nitrogen and oxygen atoms in total. The van der Waals surface area contributed by atoms with Gasteiger partial charge in [0.2, 0.25) is 0 Å². The molecule has 0 aliphatic carbocycles. The molecule has 0 amide bonds. The van der Waals surface area contributed by atoms with Crippen LogP contribution in [0.3, 0.4) is 0 Å². The number of ether oxygens (including phenoxy) is 2. The molecule has 0 saturated carbocycles. The maximum Gasteiger partial charge on any atom is 0.469 e. The number of allylic oxidation sites excluding steroid dienone is 4. The Bertz CT molecular complexity index is 900. The SMILES string of the molecule is CCCCC/C=C/C/C=C/CCCCCCCC(=O)OC[C@H](COP(=O)(O)O)OC(=O)CCCCCCCCCCCCCCCCCCCCC. The highest BCUT2D eigenvalue weighted by molar-refractivity contribution is 7.46. The Balaban J connectivity index is 3.88. The molecule has 0 aliphatic heterocycles. The van der Waals surface area contributed by atoms with Gasteiger partial charge in [0.1, 0.15) is 6.61 Å². The summed E-state index contributed by atoms with van der Waals surface area (Å²) in [6, 6.07) is 0. The predicted octanol–water partition coefficient (Wildman–Crippen LogP) is 13.2. The van der Waals surface area contributed by atoms with Crippen molar-refractivity contribution >= 4 is 19.8 Å². The van der Waals surface area contributed by atoms with Crippen molar-refractivity contribution in [1.82, 2.24) is 0 Å². The first-order chi connectivity index (χ1) is 25.3. The van der Waals surface area contributed by atoms with Gasteiger partial charge in [-0.15, -0.1) is 0 Å². The van der Waals surface area contributed by atoms with Crippen LogP contribution in [0.4, 0.5) is 0 Å². The Morgan fingerprint density at radius 2 is 0.865 bits per heavy atom. The van der Waals surface area contributed by atoms with E-state index >= 15 is 0 Å². The molecular formula is C43H81O8P. The van der Waals surface area contributed by atoms with Gasteiger partial charge in [0, 0.05) is 12.8 Å². The molecule has 0 bridgehead atoms. The minimum atomic E-state index is -4.75. The van der Waals surface area contributed by atoms with Crippen LogP contribution in [-0.4, -0.2) is 41.0 Å². The summed E-state index contributed by atoms with van der Waals surface area (Å²) in [6.07, 6.45) is 44.7. The van der Waals surface area contributed by atoms with E-state index in [1.54, 1.807) is 0 Å². The van der Waals surface area contributed by atoms with Crippen LogP contribution in [0, 0.1) is 0 Å². The van der Waals surface area contributed by atoms with Crippen LogP contribution < -0.4 is 0 Å². The Hall–Kier alpha value is -1.47. The van der Waals surface area contributed by atoms with E-state index in [4.69, 9.17) is 19.3 Å². The molecule has 0 aromatic heterocycles. The molecule has 0 radical (unpaired) electrons. The van der Waals surface area contributed by atoms with Gasteiger partial charge in [0.25, 0.3) is 0 Å². The summed E-state index contributed by atoms with van der Waals surface area (Å²) in [5.41, 5.74) is 0. The molecule has 0 aromatic rings. The van der Waals surface area contributed by atoms with Crippen LogP contribution in [0.1, 0.15) is 219 Å². The topological polar surface area (TPSA) is 119 Å². The molecule has 0 spiro atoms. The molecule has 306 valence electrons. The second-order valence-electron chi connectivity index (χ2n) is 14.7.